The summed E-state index contributed by atoms with van der Waals surface area (Å²) in [6.07, 6.45) is 5.16. The molecular formula is C36H37Cl2N9O5. The first kappa shape index (κ1) is 35.5. The van der Waals surface area contributed by atoms with E-state index in [1.54, 1.807) is 19.5 Å². The molecule has 3 fully saturated rings. The van der Waals surface area contributed by atoms with E-state index in [4.69, 9.17) is 42.6 Å². The second kappa shape index (κ2) is 14.6. The molecule has 0 saturated carbocycles. The highest BCUT2D eigenvalue weighted by molar-refractivity contribution is 6.39. The molecule has 4 amide bonds. The summed E-state index contributed by atoms with van der Waals surface area (Å²) in [5, 5.41) is 9.98. The number of aromatic nitrogens is 4. The summed E-state index contributed by atoms with van der Waals surface area (Å²) < 4.78 is 11.2. The van der Waals surface area contributed by atoms with Crippen molar-refractivity contribution >= 4 is 41.0 Å². The molecule has 3 aliphatic rings. The zero-order chi connectivity index (χ0) is 36.6. The number of imide groups is 1. The molecule has 2 atom stereocenters. The van der Waals surface area contributed by atoms with Gasteiger partial charge in [-0.15, -0.1) is 0 Å². The third-order valence-corrected chi connectivity index (χ3v) is 10.5. The van der Waals surface area contributed by atoms with Crippen molar-refractivity contribution in [3.63, 3.8) is 0 Å². The molecule has 52 heavy (non-hydrogen) atoms. The summed E-state index contributed by atoms with van der Waals surface area (Å²) in [4.78, 5) is 58.4. The molecule has 270 valence electrons. The van der Waals surface area contributed by atoms with Gasteiger partial charge in [0.15, 0.2) is 0 Å². The molecule has 1 unspecified atom stereocenters. The maximum Gasteiger partial charge on any atom is 0.324 e. The van der Waals surface area contributed by atoms with Crippen molar-refractivity contribution in [3.8, 4) is 45.4 Å². The highest BCUT2D eigenvalue weighted by Crippen LogP contribution is 2.42. The quantitative estimate of drug-likeness (QED) is 0.190. The average molecular weight is 747 g/mol. The second-order valence-electron chi connectivity index (χ2n) is 13.0. The van der Waals surface area contributed by atoms with Crippen LogP contribution in [0.5, 0.6) is 11.8 Å². The summed E-state index contributed by atoms with van der Waals surface area (Å²) >= 11 is 14.1. The van der Waals surface area contributed by atoms with Crippen LogP contribution in [0.2, 0.25) is 10.0 Å². The molecule has 16 heteroatoms. The van der Waals surface area contributed by atoms with Crippen LogP contribution in [0, 0.1) is 0 Å². The summed E-state index contributed by atoms with van der Waals surface area (Å²) in [6, 6.07) is 10.9. The molecule has 3 saturated heterocycles. The molecule has 2 aromatic heterocycles. The lowest BCUT2D eigenvalue weighted by molar-refractivity contribution is -0.130. The minimum absolute atomic E-state index is 0.0723. The van der Waals surface area contributed by atoms with Gasteiger partial charge in [0.1, 0.15) is 16.9 Å². The van der Waals surface area contributed by atoms with Crippen molar-refractivity contribution in [2.45, 2.75) is 43.9 Å². The van der Waals surface area contributed by atoms with Crippen molar-refractivity contribution in [3.05, 3.63) is 70.2 Å². The molecular weight excluding hydrogens is 709 g/mol. The number of hydrogen-bond donors (Lipinski definition) is 3. The number of hydrogen-bond acceptors (Lipinski definition) is 11. The largest absolute Gasteiger partial charge is 0.480 e. The number of halogens is 2. The van der Waals surface area contributed by atoms with Gasteiger partial charge in [0, 0.05) is 74.5 Å². The van der Waals surface area contributed by atoms with Crippen molar-refractivity contribution in [1.82, 2.24) is 45.7 Å². The Morgan fingerprint density at radius 1 is 0.904 bits per heavy atom. The number of likely N-dealkylation sites (tertiary alicyclic amines) is 1. The van der Waals surface area contributed by atoms with E-state index in [0.29, 0.717) is 112 Å². The summed E-state index contributed by atoms with van der Waals surface area (Å²) in [6.45, 7) is 2.39. The highest BCUT2D eigenvalue weighted by atomic mass is 35.5. The predicted octanol–water partition coefficient (Wildman–Crippen LogP) is 4.09. The van der Waals surface area contributed by atoms with Gasteiger partial charge in [-0.05, 0) is 12.8 Å². The molecule has 2 aromatic carbocycles. The van der Waals surface area contributed by atoms with Gasteiger partial charge in [0.2, 0.25) is 17.7 Å². The van der Waals surface area contributed by atoms with Crippen LogP contribution in [0.25, 0.3) is 33.6 Å². The zero-order valence-electron chi connectivity index (χ0n) is 28.8. The lowest BCUT2D eigenvalue weighted by atomic mass is 9.98. The van der Waals surface area contributed by atoms with E-state index in [-0.39, 0.29) is 23.9 Å². The van der Waals surface area contributed by atoms with Gasteiger partial charge >= 0.3 is 6.03 Å². The number of amides is 4. The highest BCUT2D eigenvalue weighted by Gasteiger charge is 2.53. The molecule has 1 spiro atoms. The second-order valence-corrected chi connectivity index (χ2v) is 13.8. The average Bonchev–Trinajstić information content (AvgIpc) is 3.82. The lowest BCUT2D eigenvalue weighted by Crippen LogP contribution is -2.49. The van der Waals surface area contributed by atoms with Crippen LogP contribution in [0.1, 0.15) is 30.7 Å². The number of urea groups is 1. The van der Waals surface area contributed by atoms with Gasteiger partial charge in [0.25, 0.3) is 5.91 Å². The van der Waals surface area contributed by atoms with Gasteiger partial charge in [-0.25, -0.2) is 14.8 Å². The van der Waals surface area contributed by atoms with Gasteiger partial charge in [-0.1, -0.05) is 59.6 Å². The first-order chi connectivity index (χ1) is 25.1. The van der Waals surface area contributed by atoms with E-state index in [1.165, 1.54) is 14.2 Å². The third-order valence-electron chi connectivity index (χ3n) is 9.70. The molecule has 0 radical (unpaired) electrons. The monoisotopic (exact) mass is 745 g/mol. The van der Waals surface area contributed by atoms with E-state index in [1.807, 2.05) is 36.4 Å². The number of nitrogens with zero attached hydrogens (tertiary/aromatic N) is 6. The van der Waals surface area contributed by atoms with Crippen molar-refractivity contribution in [1.29, 1.82) is 0 Å². The summed E-state index contributed by atoms with van der Waals surface area (Å²) in [5.74, 6) is 0.544. The number of rotatable bonds is 11. The van der Waals surface area contributed by atoms with Crippen molar-refractivity contribution < 1.29 is 23.9 Å². The first-order valence-corrected chi connectivity index (χ1v) is 17.6. The molecule has 5 heterocycles. The Hall–Kier alpha value is -4.89. The summed E-state index contributed by atoms with van der Waals surface area (Å²) in [7, 11) is 4.56. The molecule has 3 N–H and O–H groups in total. The Bertz CT molecular complexity index is 2070. The number of carbonyl (C=O) groups is 3. The fourth-order valence-electron chi connectivity index (χ4n) is 6.95. The number of nitrogens with one attached hydrogen (secondary N) is 3. The molecule has 3 aliphatic heterocycles. The SMILES string of the molecule is COc1nc(-c2cccc(-c3cccc(-c4cnc(CN5CCC6(C5)NC(=O)N(C)C6=O)c(OC)n4)c3Cl)c2Cl)cnc1CNC[C@@H]1CCC(=O)N1. The van der Waals surface area contributed by atoms with E-state index >= 15 is 0 Å². The Kier molecular flexibility index (Phi) is 9.98. The van der Waals surface area contributed by atoms with E-state index in [0.717, 1.165) is 11.3 Å². The predicted molar refractivity (Wildman–Crippen MR) is 194 cm³/mol. The maximum absolute atomic E-state index is 12.8. The van der Waals surface area contributed by atoms with E-state index in [9.17, 15) is 14.4 Å². The van der Waals surface area contributed by atoms with Crippen LogP contribution in [0.15, 0.2) is 48.8 Å². The van der Waals surface area contributed by atoms with Crippen LogP contribution in [-0.2, 0) is 22.7 Å². The van der Waals surface area contributed by atoms with Gasteiger partial charge in [-0.3, -0.25) is 29.4 Å². The minimum atomic E-state index is -0.921. The number of methoxy groups -OCH3 is 2. The Morgan fingerprint density at radius 3 is 2.06 bits per heavy atom. The summed E-state index contributed by atoms with van der Waals surface area (Å²) in [5.41, 5.74) is 4.01. The molecule has 0 aliphatic carbocycles. The molecule has 0 bridgehead atoms. The Labute approximate surface area is 310 Å². The van der Waals surface area contributed by atoms with Crippen LogP contribution < -0.4 is 25.4 Å². The van der Waals surface area contributed by atoms with E-state index in [2.05, 4.69) is 30.8 Å². The van der Waals surface area contributed by atoms with Crippen LogP contribution in [0.3, 0.4) is 0 Å². The number of carbonyl (C=O) groups excluding carboxylic acids is 3. The molecule has 7 rings (SSSR count). The van der Waals surface area contributed by atoms with Crippen molar-refractivity contribution in [2.24, 2.45) is 0 Å². The van der Waals surface area contributed by atoms with Crippen LogP contribution in [-0.4, -0.2) is 100 Å². The van der Waals surface area contributed by atoms with Gasteiger partial charge in [0.05, 0.1) is 48.0 Å². The molecule has 14 nitrogen and oxygen atoms in total. The lowest BCUT2D eigenvalue weighted by Gasteiger charge is -2.21. The fraction of sp³-hybridized carbons (Fsp3) is 0.361. The number of benzene rings is 2. The zero-order valence-corrected chi connectivity index (χ0v) is 30.3. The van der Waals surface area contributed by atoms with Gasteiger partial charge < -0.3 is 25.4 Å². The smallest absolute Gasteiger partial charge is 0.324 e. The third kappa shape index (κ3) is 6.74. The van der Waals surface area contributed by atoms with Gasteiger partial charge in [-0.2, -0.15) is 0 Å². The topological polar surface area (TPSA) is 164 Å². The Balaban J connectivity index is 1.10. The fourth-order valence-corrected chi connectivity index (χ4v) is 7.60. The molecule has 4 aromatic rings. The first-order valence-electron chi connectivity index (χ1n) is 16.8. The van der Waals surface area contributed by atoms with Crippen LogP contribution >= 0.6 is 23.2 Å². The Morgan fingerprint density at radius 2 is 1.50 bits per heavy atom. The maximum atomic E-state index is 12.8. The standard InChI is InChI=1S/C36H37Cl2N9O5/c1-46-34(49)36(45-35(46)50)12-13-47(19-36)18-28-33(52-3)44-26(17-41-28)24-9-5-7-22(31(24)38)21-6-4-8-23(30(21)37)25-16-40-27(32(43-25)51-2)15-39-14-20-10-11-29(48)42-20/h4-9,16-17,20,39H,10-15,18-19H2,1-3H3,(H,42,48)(H,45,50)/t20-,36?/m0/s1. The minimum Gasteiger partial charge on any atom is -0.480 e. The van der Waals surface area contributed by atoms with Crippen molar-refractivity contribution in [2.75, 3.05) is 40.9 Å². The normalized spacial score (nSPS) is 20.1. The van der Waals surface area contributed by atoms with Crippen LogP contribution in [0.4, 0.5) is 4.79 Å². The number of ether oxygens (including phenoxy) is 2. The van der Waals surface area contributed by atoms with E-state index < -0.39 is 5.54 Å². The number of likely N-dealkylation sites (N-methyl/N-ethyl adjacent to an activating group) is 1.